The van der Waals surface area contributed by atoms with E-state index in [0.717, 1.165) is 29.6 Å². The van der Waals surface area contributed by atoms with Crippen molar-refractivity contribution in [3.05, 3.63) is 23.3 Å². The van der Waals surface area contributed by atoms with Gasteiger partial charge in [0.05, 0.1) is 0 Å². The third-order valence-corrected chi connectivity index (χ3v) is 6.07. The van der Waals surface area contributed by atoms with Crippen molar-refractivity contribution in [2.24, 2.45) is 29.6 Å². The number of hydrogen-bond donors (Lipinski definition) is 0. The van der Waals surface area contributed by atoms with Gasteiger partial charge in [-0.3, -0.25) is 0 Å². The molecule has 0 aromatic carbocycles. The van der Waals surface area contributed by atoms with Gasteiger partial charge in [-0.05, 0) is 73.7 Å². The minimum absolute atomic E-state index is 0.876. The second kappa shape index (κ2) is 5.46. The van der Waals surface area contributed by atoms with Crippen molar-refractivity contribution < 1.29 is 0 Å². The molecular formula is C19H30. The van der Waals surface area contributed by atoms with Crippen LogP contribution in [0.1, 0.15) is 65.7 Å². The summed E-state index contributed by atoms with van der Waals surface area (Å²) in [7, 11) is 0. The highest BCUT2D eigenvalue weighted by atomic mass is 14.4. The molecule has 4 atom stereocenters. The van der Waals surface area contributed by atoms with Crippen LogP contribution in [-0.4, -0.2) is 0 Å². The molecule has 0 heteroatoms. The van der Waals surface area contributed by atoms with Gasteiger partial charge in [-0.2, -0.15) is 0 Å². The molecule has 3 aliphatic carbocycles. The summed E-state index contributed by atoms with van der Waals surface area (Å²) in [5.74, 6) is 4.75. The maximum absolute atomic E-state index is 2.48. The summed E-state index contributed by atoms with van der Waals surface area (Å²) in [6.45, 7) is 7.39. The number of hydrogen-bond acceptors (Lipinski definition) is 0. The predicted octanol–water partition coefficient (Wildman–Crippen LogP) is 5.75. The first-order chi connectivity index (χ1) is 9.16. The average molecular weight is 258 g/mol. The molecule has 0 N–H and O–H groups in total. The fourth-order valence-corrected chi connectivity index (χ4v) is 5.10. The Morgan fingerprint density at radius 1 is 1.11 bits per heavy atom. The standard InChI is InChI=1S/C19H30/c1-13(2)16-10-8-14(3)12-19(16)18-11-9-15-6-4-5-7-17(15)18/h4,6,13-14,16,18-19H,5,7-12H2,1-3H3. The van der Waals surface area contributed by atoms with Crippen LogP contribution in [0, 0.1) is 29.6 Å². The Hall–Kier alpha value is -0.520. The fourth-order valence-electron chi connectivity index (χ4n) is 5.10. The van der Waals surface area contributed by atoms with Crippen molar-refractivity contribution in [3.63, 3.8) is 0 Å². The number of rotatable bonds is 2. The SMILES string of the molecule is CC1CCC(C(C)C)C(C2CCC3=C2CCC=C3)C1. The zero-order valence-electron chi connectivity index (χ0n) is 13.0. The van der Waals surface area contributed by atoms with Crippen LogP contribution in [0.15, 0.2) is 23.3 Å². The van der Waals surface area contributed by atoms with Crippen LogP contribution in [0.4, 0.5) is 0 Å². The van der Waals surface area contributed by atoms with Crippen LogP contribution in [0.2, 0.25) is 0 Å². The van der Waals surface area contributed by atoms with E-state index in [1.54, 1.807) is 5.57 Å². The van der Waals surface area contributed by atoms with Crippen LogP contribution < -0.4 is 0 Å². The Kier molecular flexibility index (Phi) is 3.87. The van der Waals surface area contributed by atoms with E-state index in [1.807, 2.05) is 5.57 Å². The van der Waals surface area contributed by atoms with Crippen LogP contribution in [0.3, 0.4) is 0 Å². The molecule has 0 amide bonds. The van der Waals surface area contributed by atoms with E-state index in [-0.39, 0.29) is 0 Å². The molecule has 0 spiro atoms. The van der Waals surface area contributed by atoms with Gasteiger partial charge in [-0.15, -0.1) is 0 Å². The topological polar surface area (TPSA) is 0 Å². The van der Waals surface area contributed by atoms with Crippen molar-refractivity contribution in [3.8, 4) is 0 Å². The maximum atomic E-state index is 2.48. The molecule has 0 aromatic rings. The largest absolute Gasteiger partial charge is 0.0839 e. The molecule has 0 saturated heterocycles. The molecule has 0 nitrogen and oxygen atoms in total. The molecule has 3 rings (SSSR count). The maximum Gasteiger partial charge on any atom is -0.0163 e. The first-order valence-corrected chi connectivity index (χ1v) is 8.55. The Morgan fingerprint density at radius 2 is 1.95 bits per heavy atom. The fraction of sp³-hybridized carbons (Fsp3) is 0.789. The van der Waals surface area contributed by atoms with Gasteiger partial charge in [0.25, 0.3) is 0 Å². The molecule has 1 saturated carbocycles. The molecule has 0 heterocycles. The second-order valence-corrected chi connectivity index (χ2v) is 7.63. The highest BCUT2D eigenvalue weighted by Crippen LogP contribution is 2.50. The quantitative estimate of drug-likeness (QED) is 0.591. The molecule has 4 unspecified atom stereocenters. The molecular weight excluding hydrogens is 228 g/mol. The minimum atomic E-state index is 0.876. The highest BCUT2D eigenvalue weighted by molar-refractivity contribution is 5.35. The van der Waals surface area contributed by atoms with Crippen LogP contribution in [0.25, 0.3) is 0 Å². The zero-order chi connectivity index (χ0) is 13.4. The monoisotopic (exact) mass is 258 g/mol. The highest BCUT2D eigenvalue weighted by Gasteiger charge is 2.39. The van der Waals surface area contributed by atoms with E-state index < -0.39 is 0 Å². The van der Waals surface area contributed by atoms with Crippen LogP contribution in [-0.2, 0) is 0 Å². The van der Waals surface area contributed by atoms with Crippen LogP contribution >= 0.6 is 0 Å². The lowest BCUT2D eigenvalue weighted by atomic mass is 9.63. The van der Waals surface area contributed by atoms with Gasteiger partial charge in [0.2, 0.25) is 0 Å². The first kappa shape index (κ1) is 13.5. The van der Waals surface area contributed by atoms with Gasteiger partial charge in [0.1, 0.15) is 0 Å². The van der Waals surface area contributed by atoms with Gasteiger partial charge in [-0.25, -0.2) is 0 Å². The third-order valence-electron chi connectivity index (χ3n) is 6.07. The van der Waals surface area contributed by atoms with Crippen molar-refractivity contribution in [1.29, 1.82) is 0 Å². The zero-order valence-corrected chi connectivity index (χ0v) is 13.0. The lowest BCUT2D eigenvalue weighted by Crippen LogP contribution is -2.33. The summed E-state index contributed by atoms with van der Waals surface area (Å²) in [4.78, 5) is 0. The third kappa shape index (κ3) is 2.56. The van der Waals surface area contributed by atoms with E-state index in [1.165, 1.54) is 44.9 Å². The van der Waals surface area contributed by atoms with Crippen molar-refractivity contribution in [2.75, 3.05) is 0 Å². The molecule has 106 valence electrons. The first-order valence-electron chi connectivity index (χ1n) is 8.55. The lowest BCUT2D eigenvalue weighted by Gasteiger charge is -2.42. The molecule has 0 aliphatic heterocycles. The Balaban J connectivity index is 1.82. The van der Waals surface area contributed by atoms with Crippen molar-refractivity contribution in [1.82, 2.24) is 0 Å². The molecule has 0 bridgehead atoms. The second-order valence-electron chi connectivity index (χ2n) is 7.63. The van der Waals surface area contributed by atoms with Gasteiger partial charge in [-0.1, -0.05) is 44.9 Å². The summed E-state index contributed by atoms with van der Waals surface area (Å²) in [5.41, 5.74) is 3.59. The Morgan fingerprint density at radius 3 is 2.74 bits per heavy atom. The van der Waals surface area contributed by atoms with Gasteiger partial charge in [0.15, 0.2) is 0 Å². The van der Waals surface area contributed by atoms with E-state index in [2.05, 4.69) is 32.9 Å². The van der Waals surface area contributed by atoms with E-state index in [0.29, 0.717) is 0 Å². The Labute approximate surface area is 119 Å². The molecule has 1 fully saturated rings. The smallest absolute Gasteiger partial charge is 0.0163 e. The van der Waals surface area contributed by atoms with Gasteiger partial charge in [0, 0.05) is 0 Å². The number of allylic oxidation sites excluding steroid dienone is 4. The molecule has 0 aromatic heterocycles. The summed E-state index contributed by atoms with van der Waals surface area (Å²) in [6.07, 6.45) is 14.8. The summed E-state index contributed by atoms with van der Waals surface area (Å²) < 4.78 is 0. The summed E-state index contributed by atoms with van der Waals surface area (Å²) in [5, 5.41) is 0. The Bertz CT molecular complexity index is 385. The van der Waals surface area contributed by atoms with Crippen molar-refractivity contribution >= 4 is 0 Å². The van der Waals surface area contributed by atoms with Gasteiger partial charge >= 0.3 is 0 Å². The predicted molar refractivity (Wildman–Crippen MR) is 83.0 cm³/mol. The van der Waals surface area contributed by atoms with E-state index >= 15 is 0 Å². The molecule has 19 heavy (non-hydrogen) atoms. The minimum Gasteiger partial charge on any atom is -0.0839 e. The molecule has 3 aliphatic rings. The van der Waals surface area contributed by atoms with Gasteiger partial charge < -0.3 is 0 Å². The normalized spacial score (nSPS) is 38.9. The summed E-state index contributed by atoms with van der Waals surface area (Å²) >= 11 is 0. The van der Waals surface area contributed by atoms with E-state index in [4.69, 9.17) is 0 Å². The average Bonchev–Trinajstić information content (AvgIpc) is 2.82. The molecule has 0 radical (unpaired) electrons. The summed E-state index contributed by atoms with van der Waals surface area (Å²) in [6, 6.07) is 0. The van der Waals surface area contributed by atoms with E-state index in [9.17, 15) is 0 Å². The van der Waals surface area contributed by atoms with Crippen LogP contribution in [0.5, 0.6) is 0 Å². The lowest BCUT2D eigenvalue weighted by molar-refractivity contribution is 0.104. The van der Waals surface area contributed by atoms with Crippen molar-refractivity contribution in [2.45, 2.75) is 65.7 Å².